The highest BCUT2D eigenvalue weighted by atomic mass is 35.5. The topological polar surface area (TPSA) is 76.4 Å². The number of aliphatic hydroxyl groups excluding tert-OH is 1. The number of halogens is 2. The SMILES string of the molecule is COc1ccc(/C=C2\CCCCc3c(C(=O)N[C@H](CO)c4ccccc4)nn(-c4ccc(Cl)cc4Cl)c32)cc1. The maximum atomic E-state index is 13.7. The van der Waals surface area contributed by atoms with E-state index in [1.807, 2.05) is 60.7 Å². The predicted octanol–water partition coefficient (Wildman–Crippen LogP) is 6.92. The second kappa shape index (κ2) is 12.1. The summed E-state index contributed by atoms with van der Waals surface area (Å²) in [6, 6.07) is 22.0. The molecule has 0 radical (unpaired) electrons. The molecule has 0 aliphatic heterocycles. The Morgan fingerprint density at radius 3 is 2.51 bits per heavy atom. The monoisotopic (exact) mass is 561 g/mol. The number of nitrogens with one attached hydrogen (secondary N) is 1. The number of allylic oxidation sites excluding steroid dienone is 1. The standard InChI is InChI=1S/C31H29Cl2N3O3/c1-39-24-14-11-20(12-15-24)17-22-9-5-6-10-25-29(31(38)34-27(19-37)21-7-3-2-4-8-21)35-36(30(22)25)28-16-13-23(32)18-26(28)33/h2-4,7-8,11-18,27,37H,5-6,9-10,19H2,1H3,(H,34,38)/b22-17+/t27-/m1/s1. The highest BCUT2D eigenvalue weighted by Gasteiger charge is 2.29. The number of amides is 1. The molecule has 1 heterocycles. The molecule has 0 spiro atoms. The quantitative estimate of drug-likeness (QED) is 0.240. The van der Waals surface area contributed by atoms with Crippen molar-refractivity contribution >= 4 is 40.8 Å². The molecule has 0 saturated carbocycles. The number of carbonyl (C=O) groups excluding carboxylic acids is 1. The van der Waals surface area contributed by atoms with Gasteiger partial charge in [0.1, 0.15) is 5.75 Å². The van der Waals surface area contributed by atoms with Crippen molar-refractivity contribution in [1.82, 2.24) is 15.1 Å². The zero-order chi connectivity index (χ0) is 27.4. The average Bonchev–Trinajstić information content (AvgIpc) is 3.21. The molecule has 0 unspecified atom stereocenters. The van der Waals surface area contributed by atoms with Crippen LogP contribution in [0.4, 0.5) is 0 Å². The lowest BCUT2D eigenvalue weighted by atomic mass is 10.0. The molecule has 6 nitrogen and oxygen atoms in total. The van der Waals surface area contributed by atoms with Crippen LogP contribution in [-0.4, -0.2) is 34.5 Å². The van der Waals surface area contributed by atoms with Crippen LogP contribution in [0.15, 0.2) is 72.8 Å². The second-order valence-electron chi connectivity index (χ2n) is 9.45. The first-order valence-corrected chi connectivity index (χ1v) is 13.6. The van der Waals surface area contributed by atoms with E-state index < -0.39 is 6.04 Å². The Hall–Kier alpha value is -3.58. The molecule has 3 aromatic carbocycles. The van der Waals surface area contributed by atoms with E-state index in [4.69, 9.17) is 33.0 Å². The minimum Gasteiger partial charge on any atom is -0.497 e. The molecule has 0 fully saturated rings. The minimum atomic E-state index is -0.557. The summed E-state index contributed by atoms with van der Waals surface area (Å²) in [7, 11) is 1.64. The van der Waals surface area contributed by atoms with Crippen molar-refractivity contribution in [1.29, 1.82) is 0 Å². The molecule has 1 amide bonds. The van der Waals surface area contributed by atoms with Crippen LogP contribution in [0.2, 0.25) is 10.0 Å². The molecule has 39 heavy (non-hydrogen) atoms. The number of rotatable bonds is 7. The summed E-state index contributed by atoms with van der Waals surface area (Å²) in [4.78, 5) is 13.7. The van der Waals surface area contributed by atoms with Crippen LogP contribution in [0.1, 0.15) is 58.2 Å². The number of hydrogen-bond donors (Lipinski definition) is 2. The third-order valence-corrected chi connectivity index (χ3v) is 7.45. The molecule has 8 heteroatoms. The summed E-state index contributed by atoms with van der Waals surface area (Å²) in [5.41, 5.74) is 5.59. The van der Waals surface area contributed by atoms with Crippen molar-refractivity contribution in [3.63, 3.8) is 0 Å². The molecule has 1 atom stereocenters. The van der Waals surface area contributed by atoms with Crippen LogP contribution in [0.25, 0.3) is 17.3 Å². The number of aromatic nitrogens is 2. The minimum absolute atomic E-state index is 0.232. The number of nitrogens with zero attached hydrogens (tertiary/aromatic N) is 2. The van der Waals surface area contributed by atoms with Gasteiger partial charge >= 0.3 is 0 Å². The Morgan fingerprint density at radius 2 is 1.82 bits per heavy atom. The van der Waals surface area contributed by atoms with E-state index in [2.05, 4.69) is 11.4 Å². The van der Waals surface area contributed by atoms with Gasteiger partial charge in [0.2, 0.25) is 0 Å². The van der Waals surface area contributed by atoms with Gasteiger partial charge < -0.3 is 15.2 Å². The molecule has 1 aliphatic rings. The van der Waals surface area contributed by atoms with Crippen LogP contribution in [0.5, 0.6) is 5.75 Å². The number of aliphatic hydroxyl groups is 1. The summed E-state index contributed by atoms with van der Waals surface area (Å²) in [5, 5.41) is 18.8. The van der Waals surface area contributed by atoms with Gasteiger partial charge in [-0.15, -0.1) is 0 Å². The number of ether oxygens (including phenoxy) is 1. The van der Waals surface area contributed by atoms with Crippen LogP contribution < -0.4 is 10.1 Å². The van der Waals surface area contributed by atoms with Crippen LogP contribution >= 0.6 is 23.2 Å². The van der Waals surface area contributed by atoms with Gasteiger partial charge in [-0.3, -0.25) is 4.79 Å². The predicted molar refractivity (Wildman–Crippen MR) is 156 cm³/mol. The number of benzene rings is 3. The van der Waals surface area contributed by atoms with E-state index in [1.54, 1.807) is 23.9 Å². The fourth-order valence-corrected chi connectivity index (χ4v) is 5.44. The van der Waals surface area contributed by atoms with Gasteiger partial charge in [-0.05, 0) is 78.8 Å². The van der Waals surface area contributed by atoms with Gasteiger partial charge in [0.05, 0.1) is 36.2 Å². The summed E-state index contributed by atoms with van der Waals surface area (Å²) >= 11 is 12.9. The fraction of sp³-hybridized carbons (Fsp3) is 0.226. The first-order valence-electron chi connectivity index (χ1n) is 12.9. The van der Waals surface area contributed by atoms with Crippen molar-refractivity contribution < 1.29 is 14.6 Å². The molecule has 0 saturated heterocycles. The van der Waals surface area contributed by atoms with Crippen molar-refractivity contribution in [3.05, 3.63) is 111 Å². The Labute approximate surface area is 237 Å². The van der Waals surface area contributed by atoms with Crippen LogP contribution in [0.3, 0.4) is 0 Å². The molecule has 1 aliphatic carbocycles. The lowest BCUT2D eigenvalue weighted by Gasteiger charge is -2.16. The third-order valence-electron chi connectivity index (χ3n) is 6.91. The molecule has 200 valence electrons. The normalized spacial score (nSPS) is 14.9. The van der Waals surface area contributed by atoms with E-state index >= 15 is 0 Å². The van der Waals surface area contributed by atoms with Crippen molar-refractivity contribution in [2.24, 2.45) is 0 Å². The van der Waals surface area contributed by atoms with Gasteiger partial charge in [-0.1, -0.05) is 65.7 Å². The van der Waals surface area contributed by atoms with Gasteiger partial charge in [0.25, 0.3) is 5.91 Å². The Bertz CT molecular complexity index is 1500. The molecular weight excluding hydrogens is 533 g/mol. The van der Waals surface area contributed by atoms with Gasteiger partial charge in [-0.2, -0.15) is 5.10 Å². The molecular formula is C31H29Cl2N3O3. The Balaban J connectivity index is 1.63. The number of hydrogen-bond acceptors (Lipinski definition) is 4. The Morgan fingerprint density at radius 1 is 1.08 bits per heavy atom. The molecule has 5 rings (SSSR count). The van der Waals surface area contributed by atoms with Crippen LogP contribution in [0, 0.1) is 0 Å². The van der Waals surface area contributed by atoms with Gasteiger partial charge in [0, 0.05) is 10.6 Å². The third kappa shape index (κ3) is 5.88. The first kappa shape index (κ1) is 27.0. The maximum Gasteiger partial charge on any atom is 0.272 e. The lowest BCUT2D eigenvalue weighted by Crippen LogP contribution is -2.31. The molecule has 4 aromatic rings. The van der Waals surface area contributed by atoms with E-state index in [9.17, 15) is 9.90 Å². The van der Waals surface area contributed by atoms with Gasteiger partial charge in [0.15, 0.2) is 5.69 Å². The number of carbonyl (C=O) groups is 1. The van der Waals surface area contributed by atoms with Crippen molar-refractivity contribution in [2.75, 3.05) is 13.7 Å². The lowest BCUT2D eigenvalue weighted by molar-refractivity contribution is 0.0909. The molecule has 2 N–H and O–H groups in total. The average molecular weight is 562 g/mol. The zero-order valence-corrected chi connectivity index (χ0v) is 23.0. The molecule has 0 bridgehead atoms. The summed E-state index contributed by atoms with van der Waals surface area (Å²) in [6.45, 7) is -0.232. The fourth-order valence-electron chi connectivity index (χ4n) is 4.95. The zero-order valence-electron chi connectivity index (χ0n) is 21.5. The summed E-state index contributed by atoms with van der Waals surface area (Å²) < 4.78 is 7.08. The summed E-state index contributed by atoms with van der Waals surface area (Å²) in [5.74, 6) is 0.441. The number of methoxy groups -OCH3 is 1. The Kier molecular flexibility index (Phi) is 8.36. The highest BCUT2D eigenvalue weighted by Crippen LogP contribution is 2.37. The largest absolute Gasteiger partial charge is 0.497 e. The van der Waals surface area contributed by atoms with E-state index in [1.165, 1.54) is 0 Å². The van der Waals surface area contributed by atoms with E-state index in [0.717, 1.165) is 53.0 Å². The first-order chi connectivity index (χ1) is 19.0. The van der Waals surface area contributed by atoms with Crippen molar-refractivity contribution in [3.8, 4) is 11.4 Å². The van der Waals surface area contributed by atoms with Crippen LogP contribution in [-0.2, 0) is 6.42 Å². The summed E-state index contributed by atoms with van der Waals surface area (Å²) in [6.07, 6.45) is 5.52. The highest BCUT2D eigenvalue weighted by molar-refractivity contribution is 6.35. The molecule has 1 aromatic heterocycles. The van der Waals surface area contributed by atoms with E-state index in [-0.39, 0.29) is 12.5 Å². The maximum absolute atomic E-state index is 13.7. The van der Waals surface area contributed by atoms with E-state index in [0.29, 0.717) is 27.8 Å². The smallest absolute Gasteiger partial charge is 0.272 e. The van der Waals surface area contributed by atoms with Crippen molar-refractivity contribution in [2.45, 2.75) is 31.7 Å². The number of fused-ring (bicyclic) bond motifs is 1. The van der Waals surface area contributed by atoms with Gasteiger partial charge in [-0.25, -0.2) is 4.68 Å². The second-order valence-corrected chi connectivity index (χ2v) is 10.3.